The van der Waals surface area contributed by atoms with Crippen LogP contribution in [0.4, 0.5) is 0 Å². The Labute approximate surface area is 174 Å². The Hall–Kier alpha value is -2.83. The second-order valence-electron chi connectivity index (χ2n) is 8.26. The third-order valence-corrected chi connectivity index (χ3v) is 6.79. The molecule has 11 nitrogen and oxygen atoms in total. The molecule has 7 atom stereocenters. The van der Waals surface area contributed by atoms with E-state index in [1.807, 2.05) is 0 Å². The van der Waals surface area contributed by atoms with Crippen LogP contribution in [0.1, 0.15) is 17.5 Å². The van der Waals surface area contributed by atoms with Crippen molar-refractivity contribution in [1.29, 1.82) is 0 Å². The highest BCUT2D eigenvalue weighted by Gasteiger charge is 2.70. The molecule has 2 fully saturated rings. The first-order chi connectivity index (χ1) is 14.4. The number of hydrogen-bond donors (Lipinski definition) is 8. The van der Waals surface area contributed by atoms with Gasteiger partial charge in [0.1, 0.15) is 23.0 Å². The summed E-state index contributed by atoms with van der Waals surface area (Å²) in [6.07, 6.45) is -4.22. The lowest BCUT2D eigenvalue weighted by Crippen LogP contribution is -2.72. The van der Waals surface area contributed by atoms with Gasteiger partial charge in [0.2, 0.25) is 11.7 Å². The Balaban J connectivity index is 2.01. The predicted molar refractivity (Wildman–Crippen MR) is 99.9 cm³/mol. The van der Waals surface area contributed by atoms with Crippen molar-refractivity contribution in [2.45, 2.75) is 29.8 Å². The van der Waals surface area contributed by atoms with E-state index in [4.69, 9.17) is 5.73 Å². The molecule has 0 bridgehead atoms. The molecule has 3 aliphatic carbocycles. The van der Waals surface area contributed by atoms with Gasteiger partial charge in [0.05, 0.1) is 35.9 Å². The van der Waals surface area contributed by atoms with E-state index in [1.165, 1.54) is 12.1 Å². The van der Waals surface area contributed by atoms with Crippen LogP contribution in [-0.4, -0.2) is 77.6 Å². The molecule has 3 aliphatic rings. The molecule has 4 rings (SSSR count). The van der Waals surface area contributed by atoms with Gasteiger partial charge < -0.3 is 41.5 Å². The van der Waals surface area contributed by atoms with Crippen molar-refractivity contribution in [3.05, 3.63) is 34.9 Å². The van der Waals surface area contributed by atoms with Crippen LogP contribution in [0, 0.1) is 17.8 Å². The van der Waals surface area contributed by atoms with Gasteiger partial charge in [-0.15, -0.1) is 0 Å². The van der Waals surface area contributed by atoms with Crippen LogP contribution in [0.2, 0.25) is 0 Å². The second-order valence-corrected chi connectivity index (χ2v) is 8.26. The molecule has 0 aromatic heterocycles. The minimum Gasteiger partial charge on any atom is -0.507 e. The molecule has 2 saturated carbocycles. The Morgan fingerprint density at radius 3 is 2.39 bits per heavy atom. The number of phenols is 1. The van der Waals surface area contributed by atoms with Gasteiger partial charge in [-0.2, -0.15) is 0 Å². The molecule has 0 spiro atoms. The minimum absolute atomic E-state index is 0.184. The van der Waals surface area contributed by atoms with Gasteiger partial charge in [-0.1, -0.05) is 12.1 Å². The maximum Gasteiger partial charge on any atom is 0.230 e. The van der Waals surface area contributed by atoms with E-state index in [9.17, 15) is 50.1 Å². The average molecular weight is 435 g/mol. The van der Waals surface area contributed by atoms with E-state index in [1.54, 1.807) is 0 Å². The van der Waals surface area contributed by atoms with Gasteiger partial charge in [0, 0.05) is 11.5 Å². The van der Waals surface area contributed by atoms with Crippen molar-refractivity contribution >= 4 is 23.2 Å². The third kappa shape index (κ3) is 2.43. The normalized spacial score (nSPS) is 39.6. The first-order valence-electron chi connectivity index (χ1n) is 9.49. The number of carbonyl (C=O) groups is 3. The van der Waals surface area contributed by atoms with Crippen molar-refractivity contribution in [2.24, 2.45) is 23.5 Å². The summed E-state index contributed by atoms with van der Waals surface area (Å²) >= 11 is 0. The van der Waals surface area contributed by atoms with Crippen LogP contribution in [0.3, 0.4) is 0 Å². The molecule has 11 heteroatoms. The Bertz CT molecular complexity index is 1050. The van der Waals surface area contributed by atoms with Crippen LogP contribution in [-0.2, 0) is 20.0 Å². The average Bonchev–Trinajstić information content (AvgIpc) is 2.70. The molecule has 0 heterocycles. The molecule has 0 aliphatic heterocycles. The van der Waals surface area contributed by atoms with E-state index >= 15 is 0 Å². The van der Waals surface area contributed by atoms with Crippen LogP contribution >= 0.6 is 0 Å². The number of carbonyl (C=O) groups excluding carboxylic acids is 3. The number of amides is 1. The quantitative estimate of drug-likeness (QED) is 0.223. The summed E-state index contributed by atoms with van der Waals surface area (Å²) in [5, 5.41) is 74.7. The summed E-state index contributed by atoms with van der Waals surface area (Å²) in [6, 6.07) is 3.71. The third-order valence-electron chi connectivity index (χ3n) is 6.79. The first-order valence-corrected chi connectivity index (χ1v) is 9.49. The number of primary amides is 1. The molecule has 1 aromatic carbocycles. The zero-order valence-corrected chi connectivity index (χ0v) is 16.0. The van der Waals surface area contributed by atoms with Gasteiger partial charge in [0.25, 0.3) is 0 Å². The summed E-state index contributed by atoms with van der Waals surface area (Å²) in [5.41, 5.74) is -1.66. The number of rotatable bonds is 2. The highest BCUT2D eigenvalue weighted by molar-refractivity contribution is 6.25. The number of aliphatic hydroxyl groups is 6. The lowest BCUT2D eigenvalue weighted by Gasteiger charge is -2.54. The number of hydrogen-bond acceptors (Lipinski definition) is 10. The number of aliphatic hydroxyl groups excluding tert-OH is 4. The summed E-state index contributed by atoms with van der Waals surface area (Å²) in [5.74, 6) is -10.9. The van der Waals surface area contributed by atoms with Gasteiger partial charge in [-0.3, -0.25) is 14.4 Å². The fourth-order valence-electron chi connectivity index (χ4n) is 5.31. The summed E-state index contributed by atoms with van der Waals surface area (Å²) in [6.45, 7) is -1.05. The number of nitrogens with two attached hydrogens (primary N) is 1. The fraction of sp³-hybridized carbons (Fsp3) is 0.450. The van der Waals surface area contributed by atoms with Crippen molar-refractivity contribution < 1.29 is 50.1 Å². The second kappa shape index (κ2) is 6.58. The highest BCUT2D eigenvalue weighted by atomic mass is 16.3. The summed E-state index contributed by atoms with van der Waals surface area (Å²) in [7, 11) is 0. The van der Waals surface area contributed by atoms with Gasteiger partial charge in [0.15, 0.2) is 11.4 Å². The number of aromatic hydroxyl groups is 1. The van der Waals surface area contributed by atoms with E-state index in [0.717, 1.165) is 6.07 Å². The molecule has 1 aromatic rings. The van der Waals surface area contributed by atoms with Crippen molar-refractivity contribution in [2.75, 3.05) is 6.61 Å². The largest absolute Gasteiger partial charge is 0.507 e. The lowest BCUT2D eigenvalue weighted by molar-refractivity contribution is -0.198. The van der Waals surface area contributed by atoms with Crippen LogP contribution in [0.25, 0.3) is 5.76 Å². The molecule has 31 heavy (non-hydrogen) atoms. The lowest BCUT2D eigenvalue weighted by atomic mass is 9.52. The number of ketones is 2. The summed E-state index contributed by atoms with van der Waals surface area (Å²) in [4.78, 5) is 38.0. The van der Waals surface area contributed by atoms with E-state index < -0.39 is 94.3 Å². The maximum atomic E-state index is 13.4. The predicted octanol–water partition coefficient (Wildman–Crippen LogP) is -2.80. The molecule has 0 radical (unpaired) electrons. The van der Waals surface area contributed by atoms with Crippen LogP contribution in [0.15, 0.2) is 23.8 Å². The topological polar surface area (TPSA) is 219 Å². The van der Waals surface area contributed by atoms with E-state index in [2.05, 4.69) is 0 Å². The first kappa shape index (κ1) is 21.4. The fourth-order valence-corrected chi connectivity index (χ4v) is 5.31. The molecule has 9 N–H and O–H groups in total. The number of benzene rings is 1. The number of Topliss-reactive ketones (excluding diaryl/α,β-unsaturated/α-hetero) is 2. The maximum absolute atomic E-state index is 13.4. The minimum atomic E-state index is -3.03. The number of fused-ring (bicyclic) bond motifs is 3. The molecule has 0 saturated heterocycles. The zero-order valence-electron chi connectivity index (χ0n) is 16.0. The van der Waals surface area contributed by atoms with Crippen molar-refractivity contribution in [1.82, 2.24) is 0 Å². The van der Waals surface area contributed by atoms with Crippen molar-refractivity contribution in [3.63, 3.8) is 0 Å². The zero-order chi connectivity index (χ0) is 23.0. The van der Waals surface area contributed by atoms with Gasteiger partial charge >= 0.3 is 0 Å². The van der Waals surface area contributed by atoms with Crippen LogP contribution in [0.5, 0.6) is 5.75 Å². The SMILES string of the molecule is NC(=O)C1C(=O)[C@@]2(O)C(=O)C3=C(O)c4c(O)cccc4C(O)(CO)[C@H]3C(O)[C@H]2CC1O. The monoisotopic (exact) mass is 435 g/mol. The molecule has 1 amide bonds. The van der Waals surface area contributed by atoms with Crippen LogP contribution < -0.4 is 5.73 Å². The standard InChI is InChI=1S/C20H21NO10/c21-18(29)11-9(24)4-7-14(25)13-12(17(28)20(7,31)16(11)27)15(26)10-6(19(13,30)5-22)2-1-3-8(10)23/h1-3,7,9,11,13-14,22-26,30-31H,4-5H2,(H2,21,29)/t7-,9?,11?,13-,14?,19?,20-/m1/s1. The van der Waals surface area contributed by atoms with Gasteiger partial charge in [-0.05, 0) is 12.5 Å². The van der Waals surface area contributed by atoms with E-state index in [0.29, 0.717) is 0 Å². The van der Waals surface area contributed by atoms with E-state index in [-0.39, 0.29) is 5.56 Å². The summed E-state index contributed by atoms with van der Waals surface area (Å²) < 4.78 is 0. The highest BCUT2D eigenvalue weighted by Crippen LogP contribution is 2.56. The Morgan fingerprint density at radius 2 is 1.81 bits per heavy atom. The van der Waals surface area contributed by atoms with Gasteiger partial charge in [-0.25, -0.2) is 0 Å². The smallest absolute Gasteiger partial charge is 0.230 e. The molecule has 4 unspecified atom stereocenters. The molecular weight excluding hydrogens is 414 g/mol. The number of phenolic OH excluding ortho intramolecular Hbond substituents is 1. The van der Waals surface area contributed by atoms with Crippen molar-refractivity contribution in [3.8, 4) is 5.75 Å². The Morgan fingerprint density at radius 1 is 1.16 bits per heavy atom. The molecular formula is C20H21NO10. The molecule has 166 valence electrons. The Kier molecular flexibility index (Phi) is 4.54.